The van der Waals surface area contributed by atoms with E-state index in [-0.39, 0.29) is 11.5 Å². The highest BCUT2D eigenvalue weighted by atomic mass is 16.5. The predicted molar refractivity (Wildman–Crippen MR) is 107 cm³/mol. The third kappa shape index (κ3) is 4.42. The molecule has 0 saturated heterocycles. The van der Waals surface area contributed by atoms with Crippen molar-refractivity contribution in [3.63, 3.8) is 0 Å². The lowest BCUT2D eigenvalue weighted by Crippen LogP contribution is -2.16. The van der Waals surface area contributed by atoms with Gasteiger partial charge in [-0.1, -0.05) is 30.3 Å². The van der Waals surface area contributed by atoms with Gasteiger partial charge in [0.05, 0.1) is 18.4 Å². The molecule has 28 heavy (non-hydrogen) atoms. The van der Waals surface area contributed by atoms with Crippen LogP contribution in [0.4, 0.5) is 11.4 Å². The Bertz CT molecular complexity index is 999. The van der Waals surface area contributed by atoms with Crippen LogP contribution in [0, 0.1) is 0 Å². The van der Waals surface area contributed by atoms with Crippen LogP contribution in [0.2, 0.25) is 0 Å². The molecular weight excluding hydrogens is 356 g/mol. The van der Waals surface area contributed by atoms with Crippen LogP contribution in [0.3, 0.4) is 0 Å². The van der Waals surface area contributed by atoms with Crippen molar-refractivity contribution in [2.24, 2.45) is 0 Å². The number of methoxy groups -OCH3 is 1. The number of amides is 2. The summed E-state index contributed by atoms with van der Waals surface area (Å²) in [5.41, 5.74) is 2.09. The predicted octanol–water partition coefficient (Wildman–Crippen LogP) is 3.98. The zero-order chi connectivity index (χ0) is 19.9. The lowest BCUT2D eigenvalue weighted by molar-refractivity contribution is 0.0601. The molecule has 140 valence electrons. The molecule has 0 unspecified atom stereocenters. The normalized spacial score (nSPS) is 10.0. The standard InChI is InChI=1S/C22H18N2O4/c1-28-22(27)18-9-5-6-10-19(18)24-21(26)16-13-11-15(12-14-16)20(25)23-17-7-3-2-4-8-17/h2-14H,1H3,(H,23,25)(H,24,26). The van der Waals surface area contributed by atoms with Gasteiger partial charge < -0.3 is 15.4 Å². The van der Waals surface area contributed by atoms with Crippen LogP contribution < -0.4 is 10.6 Å². The van der Waals surface area contributed by atoms with Crippen molar-refractivity contribution in [2.75, 3.05) is 17.7 Å². The van der Waals surface area contributed by atoms with Gasteiger partial charge in [-0.15, -0.1) is 0 Å². The van der Waals surface area contributed by atoms with E-state index in [2.05, 4.69) is 10.6 Å². The Morgan fingerprint density at radius 3 is 1.82 bits per heavy atom. The Kier molecular flexibility index (Phi) is 5.81. The number of para-hydroxylation sites is 2. The van der Waals surface area contributed by atoms with Crippen LogP contribution in [-0.2, 0) is 4.74 Å². The third-order valence-electron chi connectivity index (χ3n) is 4.02. The molecule has 0 saturated carbocycles. The van der Waals surface area contributed by atoms with E-state index in [0.717, 1.165) is 0 Å². The quantitative estimate of drug-likeness (QED) is 0.662. The molecule has 0 fully saturated rings. The first-order valence-electron chi connectivity index (χ1n) is 8.53. The van der Waals surface area contributed by atoms with Gasteiger partial charge >= 0.3 is 5.97 Å². The fraction of sp³-hybridized carbons (Fsp3) is 0.0455. The number of carbonyl (C=O) groups excluding carboxylic acids is 3. The summed E-state index contributed by atoms with van der Waals surface area (Å²) in [6.07, 6.45) is 0. The molecule has 0 bridgehead atoms. The van der Waals surface area contributed by atoms with E-state index in [9.17, 15) is 14.4 Å². The molecule has 3 rings (SSSR count). The van der Waals surface area contributed by atoms with Crippen molar-refractivity contribution in [1.29, 1.82) is 0 Å². The smallest absolute Gasteiger partial charge is 0.339 e. The Labute approximate surface area is 162 Å². The Morgan fingerprint density at radius 2 is 1.21 bits per heavy atom. The molecule has 3 aromatic rings. The summed E-state index contributed by atoms with van der Waals surface area (Å²) in [6.45, 7) is 0. The summed E-state index contributed by atoms with van der Waals surface area (Å²) in [4.78, 5) is 36.6. The lowest BCUT2D eigenvalue weighted by atomic mass is 10.1. The van der Waals surface area contributed by atoms with Crippen LogP contribution in [0.25, 0.3) is 0 Å². The van der Waals surface area contributed by atoms with Gasteiger partial charge in [0, 0.05) is 16.8 Å². The summed E-state index contributed by atoms with van der Waals surface area (Å²) in [6, 6.07) is 21.9. The molecule has 2 amide bonds. The maximum Gasteiger partial charge on any atom is 0.339 e. The van der Waals surface area contributed by atoms with Gasteiger partial charge in [-0.2, -0.15) is 0 Å². The summed E-state index contributed by atoms with van der Waals surface area (Å²) < 4.78 is 4.72. The van der Waals surface area contributed by atoms with Gasteiger partial charge in [-0.05, 0) is 48.5 Å². The van der Waals surface area contributed by atoms with Crippen LogP contribution in [0.5, 0.6) is 0 Å². The van der Waals surface area contributed by atoms with E-state index in [0.29, 0.717) is 22.5 Å². The number of benzene rings is 3. The summed E-state index contributed by atoms with van der Waals surface area (Å²) in [5, 5.41) is 5.47. The van der Waals surface area contributed by atoms with E-state index in [1.807, 2.05) is 18.2 Å². The van der Waals surface area contributed by atoms with E-state index in [1.165, 1.54) is 7.11 Å². The average molecular weight is 374 g/mol. The summed E-state index contributed by atoms with van der Waals surface area (Å²) >= 11 is 0. The lowest BCUT2D eigenvalue weighted by Gasteiger charge is -2.10. The fourth-order valence-corrected chi connectivity index (χ4v) is 2.57. The fourth-order valence-electron chi connectivity index (χ4n) is 2.57. The summed E-state index contributed by atoms with van der Waals surface area (Å²) in [5.74, 6) is -1.20. The van der Waals surface area contributed by atoms with E-state index < -0.39 is 11.9 Å². The topological polar surface area (TPSA) is 84.5 Å². The van der Waals surface area contributed by atoms with Crippen molar-refractivity contribution in [2.45, 2.75) is 0 Å². The highest BCUT2D eigenvalue weighted by molar-refractivity contribution is 6.09. The SMILES string of the molecule is COC(=O)c1ccccc1NC(=O)c1ccc(C(=O)Nc2ccccc2)cc1. The van der Waals surface area contributed by atoms with Crippen molar-refractivity contribution in [1.82, 2.24) is 0 Å². The highest BCUT2D eigenvalue weighted by Crippen LogP contribution is 2.18. The molecule has 6 heteroatoms. The zero-order valence-electron chi connectivity index (χ0n) is 15.1. The molecule has 0 aromatic heterocycles. The molecular formula is C22H18N2O4. The van der Waals surface area contributed by atoms with Crippen LogP contribution in [-0.4, -0.2) is 24.9 Å². The minimum atomic E-state index is -0.538. The maximum absolute atomic E-state index is 12.5. The van der Waals surface area contributed by atoms with Gasteiger partial charge in [-0.3, -0.25) is 9.59 Å². The molecule has 0 aliphatic rings. The minimum Gasteiger partial charge on any atom is -0.465 e. The molecule has 0 heterocycles. The first kappa shape index (κ1) is 18.8. The number of nitrogens with one attached hydrogen (secondary N) is 2. The summed E-state index contributed by atoms with van der Waals surface area (Å²) in [7, 11) is 1.28. The molecule has 2 N–H and O–H groups in total. The second-order valence-corrected chi connectivity index (χ2v) is 5.89. The molecule has 6 nitrogen and oxygen atoms in total. The van der Waals surface area contributed by atoms with Crippen molar-refractivity contribution >= 4 is 29.2 Å². The monoisotopic (exact) mass is 374 g/mol. The van der Waals surface area contributed by atoms with Gasteiger partial charge in [0.2, 0.25) is 0 Å². The number of ether oxygens (including phenoxy) is 1. The molecule has 0 aliphatic heterocycles. The first-order valence-corrected chi connectivity index (χ1v) is 8.53. The van der Waals surface area contributed by atoms with Crippen LogP contribution in [0.15, 0.2) is 78.9 Å². The molecule has 0 atom stereocenters. The first-order chi connectivity index (χ1) is 13.6. The van der Waals surface area contributed by atoms with Gasteiger partial charge in [-0.25, -0.2) is 4.79 Å². The van der Waals surface area contributed by atoms with Crippen molar-refractivity contribution in [3.8, 4) is 0 Å². The number of carbonyl (C=O) groups is 3. The second kappa shape index (κ2) is 8.64. The second-order valence-electron chi connectivity index (χ2n) is 5.89. The number of anilines is 2. The number of esters is 1. The molecule has 0 aliphatic carbocycles. The van der Waals surface area contributed by atoms with Crippen LogP contribution >= 0.6 is 0 Å². The Balaban J connectivity index is 1.71. The van der Waals surface area contributed by atoms with E-state index >= 15 is 0 Å². The van der Waals surface area contributed by atoms with Gasteiger partial charge in [0.1, 0.15) is 0 Å². The molecule has 0 radical (unpaired) electrons. The van der Waals surface area contributed by atoms with E-state index in [4.69, 9.17) is 4.74 Å². The van der Waals surface area contributed by atoms with Gasteiger partial charge in [0.25, 0.3) is 11.8 Å². The Morgan fingerprint density at radius 1 is 0.679 bits per heavy atom. The van der Waals surface area contributed by atoms with Crippen LogP contribution in [0.1, 0.15) is 31.1 Å². The third-order valence-corrected chi connectivity index (χ3v) is 4.02. The minimum absolute atomic E-state index is 0.261. The number of rotatable bonds is 5. The van der Waals surface area contributed by atoms with Crippen molar-refractivity contribution < 1.29 is 19.1 Å². The zero-order valence-corrected chi connectivity index (χ0v) is 15.1. The molecule has 3 aromatic carbocycles. The van der Waals surface area contributed by atoms with Gasteiger partial charge in [0.15, 0.2) is 0 Å². The number of hydrogen-bond donors (Lipinski definition) is 2. The largest absolute Gasteiger partial charge is 0.465 e. The molecule has 0 spiro atoms. The maximum atomic E-state index is 12.5. The number of hydrogen-bond acceptors (Lipinski definition) is 4. The van der Waals surface area contributed by atoms with E-state index in [1.54, 1.807) is 60.7 Å². The van der Waals surface area contributed by atoms with Crippen molar-refractivity contribution in [3.05, 3.63) is 95.6 Å². The Hall–Kier alpha value is -3.93. The average Bonchev–Trinajstić information content (AvgIpc) is 2.74. The highest BCUT2D eigenvalue weighted by Gasteiger charge is 2.15.